The van der Waals surface area contributed by atoms with Gasteiger partial charge in [-0.2, -0.15) is 0 Å². The topological polar surface area (TPSA) is 55.4 Å². The second-order valence-electron chi connectivity index (χ2n) is 4.15. The first kappa shape index (κ1) is 15.0. The van der Waals surface area contributed by atoms with E-state index in [1.165, 1.54) is 43.5 Å². The number of nitrogens with one attached hydrogen (secondary N) is 1. The monoisotopic (exact) mass is 307 g/mol. The second kappa shape index (κ2) is 6.37. The van der Waals surface area contributed by atoms with Gasteiger partial charge in [-0.25, -0.2) is 9.18 Å². The maximum atomic E-state index is 13.0. The first-order valence-electron chi connectivity index (χ1n) is 5.96. The van der Waals surface area contributed by atoms with E-state index in [4.69, 9.17) is 11.6 Å². The number of esters is 1. The highest BCUT2D eigenvalue weighted by molar-refractivity contribution is 6.31. The summed E-state index contributed by atoms with van der Waals surface area (Å²) in [4.78, 5) is 23.3. The van der Waals surface area contributed by atoms with E-state index in [1.54, 1.807) is 0 Å². The zero-order valence-corrected chi connectivity index (χ0v) is 11.8. The molecule has 0 spiro atoms. The van der Waals surface area contributed by atoms with E-state index in [2.05, 4.69) is 10.1 Å². The Bertz CT molecular complexity index is 686. The molecule has 0 atom stereocenters. The first-order chi connectivity index (χ1) is 10.0. The van der Waals surface area contributed by atoms with Crippen molar-refractivity contribution in [2.24, 2.45) is 0 Å². The molecule has 0 fully saturated rings. The van der Waals surface area contributed by atoms with Gasteiger partial charge in [0.15, 0.2) is 0 Å². The van der Waals surface area contributed by atoms with Crippen LogP contribution in [0.1, 0.15) is 20.7 Å². The number of amides is 1. The normalized spacial score (nSPS) is 10.0. The predicted molar refractivity (Wildman–Crippen MR) is 77.1 cm³/mol. The number of rotatable bonds is 3. The smallest absolute Gasteiger partial charge is 0.337 e. The van der Waals surface area contributed by atoms with Gasteiger partial charge in [-0.15, -0.1) is 0 Å². The second-order valence-corrected chi connectivity index (χ2v) is 4.56. The first-order valence-corrected chi connectivity index (χ1v) is 6.34. The number of carbonyl (C=O) groups excluding carboxylic acids is 2. The minimum atomic E-state index is -0.558. The Kier molecular flexibility index (Phi) is 4.55. The number of hydrogen-bond acceptors (Lipinski definition) is 3. The Morgan fingerprint density at radius 2 is 1.71 bits per heavy atom. The van der Waals surface area contributed by atoms with Crippen LogP contribution in [-0.2, 0) is 4.74 Å². The molecule has 2 rings (SSSR count). The minimum absolute atomic E-state index is 0.0751. The van der Waals surface area contributed by atoms with E-state index in [9.17, 15) is 14.0 Å². The van der Waals surface area contributed by atoms with Crippen molar-refractivity contribution in [2.45, 2.75) is 0 Å². The van der Waals surface area contributed by atoms with Crippen molar-refractivity contribution in [2.75, 3.05) is 12.4 Å². The molecule has 0 heterocycles. The Labute approximate surface area is 125 Å². The van der Waals surface area contributed by atoms with Gasteiger partial charge in [0.25, 0.3) is 5.91 Å². The van der Waals surface area contributed by atoms with E-state index in [-0.39, 0.29) is 5.02 Å². The number of methoxy groups -OCH3 is 1. The number of carbonyl (C=O) groups is 2. The van der Waals surface area contributed by atoms with Gasteiger partial charge in [-0.3, -0.25) is 4.79 Å². The summed E-state index contributed by atoms with van der Waals surface area (Å²) in [6.45, 7) is 0. The molecule has 4 nitrogen and oxygen atoms in total. The standard InChI is InChI=1S/C15H11ClFNO3/c1-21-15(20)10-4-2-9(3-5-10)14(19)18-11-6-7-13(17)12(16)8-11/h2-8H,1H3,(H,18,19). The number of anilines is 1. The zero-order chi connectivity index (χ0) is 15.4. The van der Waals surface area contributed by atoms with Crippen molar-refractivity contribution in [1.29, 1.82) is 0 Å². The van der Waals surface area contributed by atoms with Crippen LogP contribution in [0.4, 0.5) is 10.1 Å². The minimum Gasteiger partial charge on any atom is -0.465 e. The van der Waals surface area contributed by atoms with Gasteiger partial charge in [0, 0.05) is 11.3 Å². The molecule has 0 aliphatic carbocycles. The quantitative estimate of drug-likeness (QED) is 0.883. The fraction of sp³-hybridized carbons (Fsp3) is 0.0667. The molecule has 0 aromatic heterocycles. The molecule has 0 radical (unpaired) electrons. The highest BCUT2D eigenvalue weighted by Crippen LogP contribution is 2.20. The van der Waals surface area contributed by atoms with Crippen LogP contribution in [0.15, 0.2) is 42.5 Å². The summed E-state index contributed by atoms with van der Waals surface area (Å²) >= 11 is 5.64. The lowest BCUT2D eigenvalue weighted by molar-refractivity contribution is 0.0600. The van der Waals surface area contributed by atoms with Gasteiger partial charge in [-0.05, 0) is 42.5 Å². The average Bonchev–Trinajstić information content (AvgIpc) is 2.50. The molecule has 0 aliphatic heterocycles. The Morgan fingerprint density at radius 3 is 2.29 bits per heavy atom. The number of ether oxygens (including phenoxy) is 1. The van der Waals surface area contributed by atoms with Crippen LogP contribution in [0.5, 0.6) is 0 Å². The molecule has 0 bridgehead atoms. The molecule has 2 aromatic carbocycles. The van der Waals surface area contributed by atoms with Gasteiger partial charge in [0.2, 0.25) is 0 Å². The van der Waals surface area contributed by atoms with Crippen LogP contribution in [0, 0.1) is 5.82 Å². The summed E-state index contributed by atoms with van der Waals surface area (Å²) in [5.74, 6) is -1.43. The van der Waals surface area contributed by atoms with Crippen molar-refractivity contribution in [3.63, 3.8) is 0 Å². The summed E-state index contributed by atoms with van der Waals surface area (Å²) in [5, 5.41) is 2.51. The zero-order valence-electron chi connectivity index (χ0n) is 11.0. The Balaban J connectivity index is 2.13. The molecule has 0 aliphatic rings. The SMILES string of the molecule is COC(=O)c1ccc(C(=O)Nc2ccc(F)c(Cl)c2)cc1. The Hall–Kier alpha value is -2.40. The molecule has 21 heavy (non-hydrogen) atoms. The van der Waals surface area contributed by atoms with Gasteiger partial charge >= 0.3 is 5.97 Å². The highest BCUT2D eigenvalue weighted by atomic mass is 35.5. The van der Waals surface area contributed by atoms with E-state index in [0.29, 0.717) is 16.8 Å². The maximum Gasteiger partial charge on any atom is 0.337 e. The molecule has 0 saturated carbocycles. The van der Waals surface area contributed by atoms with Crippen molar-refractivity contribution < 1.29 is 18.7 Å². The van der Waals surface area contributed by atoms with E-state index in [1.807, 2.05) is 0 Å². The third kappa shape index (κ3) is 3.58. The van der Waals surface area contributed by atoms with Crippen molar-refractivity contribution >= 4 is 29.2 Å². The van der Waals surface area contributed by atoms with E-state index >= 15 is 0 Å². The summed E-state index contributed by atoms with van der Waals surface area (Å²) in [6.07, 6.45) is 0. The average molecular weight is 308 g/mol. The molecular weight excluding hydrogens is 297 g/mol. The Morgan fingerprint density at radius 1 is 1.10 bits per heavy atom. The number of hydrogen-bond donors (Lipinski definition) is 1. The fourth-order valence-corrected chi connectivity index (χ4v) is 1.83. The van der Waals surface area contributed by atoms with Gasteiger partial charge in [0.1, 0.15) is 5.82 Å². The summed E-state index contributed by atoms with van der Waals surface area (Å²) in [6, 6.07) is 9.84. The maximum absolute atomic E-state index is 13.0. The van der Waals surface area contributed by atoms with Crippen LogP contribution < -0.4 is 5.32 Å². The largest absolute Gasteiger partial charge is 0.465 e. The van der Waals surface area contributed by atoms with Crippen molar-refractivity contribution in [3.8, 4) is 0 Å². The lowest BCUT2D eigenvalue weighted by Gasteiger charge is -2.06. The molecular formula is C15H11ClFNO3. The highest BCUT2D eigenvalue weighted by Gasteiger charge is 2.10. The van der Waals surface area contributed by atoms with Crippen LogP contribution in [0.25, 0.3) is 0 Å². The van der Waals surface area contributed by atoms with Crippen LogP contribution in [0.2, 0.25) is 5.02 Å². The third-order valence-electron chi connectivity index (χ3n) is 2.75. The lowest BCUT2D eigenvalue weighted by Crippen LogP contribution is -2.12. The van der Waals surface area contributed by atoms with Crippen molar-refractivity contribution in [1.82, 2.24) is 0 Å². The third-order valence-corrected chi connectivity index (χ3v) is 3.04. The summed E-state index contributed by atoms with van der Waals surface area (Å²) in [5.41, 5.74) is 1.07. The molecule has 108 valence electrons. The van der Waals surface area contributed by atoms with Crippen LogP contribution in [0.3, 0.4) is 0 Å². The van der Waals surface area contributed by atoms with Crippen LogP contribution >= 0.6 is 11.6 Å². The number of benzene rings is 2. The number of halogens is 2. The fourth-order valence-electron chi connectivity index (χ4n) is 1.65. The molecule has 1 amide bonds. The molecule has 0 saturated heterocycles. The lowest BCUT2D eigenvalue weighted by atomic mass is 10.1. The summed E-state index contributed by atoms with van der Waals surface area (Å²) in [7, 11) is 1.28. The molecule has 6 heteroatoms. The van der Waals surface area contributed by atoms with Gasteiger partial charge in [-0.1, -0.05) is 11.6 Å². The molecule has 2 aromatic rings. The van der Waals surface area contributed by atoms with Gasteiger partial charge in [0.05, 0.1) is 17.7 Å². The van der Waals surface area contributed by atoms with E-state index in [0.717, 1.165) is 6.07 Å². The van der Waals surface area contributed by atoms with E-state index < -0.39 is 17.7 Å². The molecule has 0 unspecified atom stereocenters. The predicted octanol–water partition coefficient (Wildman–Crippen LogP) is 3.52. The van der Waals surface area contributed by atoms with Crippen molar-refractivity contribution in [3.05, 3.63) is 64.4 Å². The van der Waals surface area contributed by atoms with Crippen LogP contribution in [-0.4, -0.2) is 19.0 Å². The summed E-state index contributed by atoms with van der Waals surface area (Å²) < 4.78 is 17.6. The molecule has 1 N–H and O–H groups in total. The van der Waals surface area contributed by atoms with Gasteiger partial charge < -0.3 is 10.1 Å².